The van der Waals surface area contributed by atoms with Gasteiger partial charge >= 0.3 is 0 Å². The Labute approximate surface area is 151 Å². The molecule has 1 unspecified atom stereocenters. The van der Waals surface area contributed by atoms with Gasteiger partial charge in [0.2, 0.25) is 0 Å². The van der Waals surface area contributed by atoms with Gasteiger partial charge < -0.3 is 20.1 Å². The van der Waals surface area contributed by atoms with E-state index in [1.54, 1.807) is 7.05 Å². The molecule has 2 N–H and O–H groups in total. The predicted molar refractivity (Wildman–Crippen MR) is 101 cm³/mol. The maximum atomic E-state index is 6.27. The summed E-state index contributed by atoms with van der Waals surface area (Å²) in [7, 11) is 1.80. The second-order valence-corrected chi connectivity index (χ2v) is 7.08. The highest BCUT2D eigenvalue weighted by Crippen LogP contribution is 2.27. The zero-order valence-corrected chi connectivity index (χ0v) is 15.5. The molecule has 3 rings (SSSR count). The number of guanidine groups is 1. The molecule has 5 heteroatoms. The monoisotopic (exact) mass is 345 g/mol. The summed E-state index contributed by atoms with van der Waals surface area (Å²) in [4.78, 5) is 4.31. The second kappa shape index (κ2) is 9.09. The van der Waals surface area contributed by atoms with Crippen molar-refractivity contribution in [1.82, 2.24) is 10.6 Å². The lowest BCUT2D eigenvalue weighted by atomic mass is 10.1. The molecule has 138 valence electrons. The van der Waals surface area contributed by atoms with E-state index in [1.165, 1.54) is 36.8 Å². The Kier molecular flexibility index (Phi) is 6.56. The van der Waals surface area contributed by atoms with Crippen molar-refractivity contribution in [2.75, 3.05) is 20.2 Å². The van der Waals surface area contributed by atoms with Crippen LogP contribution in [0.4, 0.5) is 0 Å². The van der Waals surface area contributed by atoms with Gasteiger partial charge in [0.15, 0.2) is 5.96 Å². The van der Waals surface area contributed by atoms with Gasteiger partial charge in [0.05, 0.1) is 12.2 Å². The van der Waals surface area contributed by atoms with Crippen molar-refractivity contribution in [2.24, 2.45) is 4.99 Å². The Hall–Kier alpha value is -1.75. The third-order valence-electron chi connectivity index (χ3n) is 5.01. The van der Waals surface area contributed by atoms with E-state index < -0.39 is 0 Å². The highest BCUT2D eigenvalue weighted by atomic mass is 16.5. The summed E-state index contributed by atoms with van der Waals surface area (Å²) in [5.41, 5.74) is 2.41. The first kappa shape index (κ1) is 18.1. The Balaban J connectivity index is 1.55. The Morgan fingerprint density at radius 2 is 2.04 bits per heavy atom. The number of hydrogen-bond acceptors (Lipinski definition) is 3. The van der Waals surface area contributed by atoms with Crippen LogP contribution in [0.1, 0.15) is 49.7 Å². The maximum Gasteiger partial charge on any atom is 0.191 e. The molecule has 1 aromatic rings. The van der Waals surface area contributed by atoms with Crippen molar-refractivity contribution in [1.29, 1.82) is 0 Å². The summed E-state index contributed by atoms with van der Waals surface area (Å²) in [6.45, 7) is 4.50. The quantitative estimate of drug-likeness (QED) is 0.614. The Morgan fingerprint density at radius 1 is 1.20 bits per heavy atom. The molecule has 1 atom stereocenters. The van der Waals surface area contributed by atoms with Crippen molar-refractivity contribution in [3.8, 4) is 5.75 Å². The summed E-state index contributed by atoms with van der Waals surface area (Å²) >= 11 is 0. The van der Waals surface area contributed by atoms with Crippen molar-refractivity contribution >= 4 is 5.96 Å². The smallest absolute Gasteiger partial charge is 0.191 e. The maximum absolute atomic E-state index is 6.27. The number of rotatable bonds is 6. The molecular weight excluding hydrogens is 314 g/mol. The molecule has 0 spiro atoms. The van der Waals surface area contributed by atoms with Crippen molar-refractivity contribution in [3.63, 3.8) is 0 Å². The molecule has 5 nitrogen and oxygen atoms in total. The average Bonchev–Trinajstić information content (AvgIpc) is 3.30. The Morgan fingerprint density at radius 3 is 2.76 bits per heavy atom. The molecule has 0 radical (unpaired) electrons. The lowest BCUT2D eigenvalue weighted by molar-refractivity contribution is 0.114. The van der Waals surface area contributed by atoms with Crippen LogP contribution in [0.25, 0.3) is 0 Å². The van der Waals surface area contributed by atoms with Crippen LogP contribution in [0.2, 0.25) is 0 Å². The van der Waals surface area contributed by atoms with Gasteiger partial charge in [0, 0.05) is 32.3 Å². The van der Waals surface area contributed by atoms with Crippen LogP contribution in [0.5, 0.6) is 5.75 Å². The van der Waals surface area contributed by atoms with Crippen LogP contribution in [0.3, 0.4) is 0 Å². The minimum atomic E-state index is 0.305. The molecule has 25 heavy (non-hydrogen) atoms. The summed E-state index contributed by atoms with van der Waals surface area (Å²) < 4.78 is 11.9. The zero-order valence-electron chi connectivity index (χ0n) is 15.5. The standard InChI is InChI=1S/C20H31N3O2/c1-15-9-10-16(19(12-15)25-17-6-3-4-7-17)13-22-20(21-2)23-14-18-8-5-11-24-18/h9-10,12,17-18H,3-8,11,13-14H2,1-2H3,(H2,21,22,23). The highest BCUT2D eigenvalue weighted by molar-refractivity contribution is 5.79. The predicted octanol–water partition coefficient (Wildman–Crippen LogP) is 3.16. The number of benzene rings is 1. The third-order valence-corrected chi connectivity index (χ3v) is 5.01. The third kappa shape index (κ3) is 5.36. The first-order valence-corrected chi connectivity index (χ1v) is 9.57. The first-order chi connectivity index (χ1) is 12.2. The normalized spacial score (nSPS) is 21.5. The van der Waals surface area contributed by atoms with Gasteiger partial charge in [-0.15, -0.1) is 0 Å². The van der Waals surface area contributed by atoms with Crippen LogP contribution < -0.4 is 15.4 Å². The van der Waals surface area contributed by atoms with Gasteiger partial charge in [0.1, 0.15) is 5.75 Å². The second-order valence-electron chi connectivity index (χ2n) is 7.08. The number of aryl methyl sites for hydroxylation is 1. The van der Waals surface area contributed by atoms with Crippen LogP contribution in [0, 0.1) is 6.92 Å². The van der Waals surface area contributed by atoms with E-state index in [1.807, 2.05) is 0 Å². The number of nitrogens with one attached hydrogen (secondary N) is 2. The number of ether oxygens (including phenoxy) is 2. The van der Waals surface area contributed by atoms with Crippen LogP contribution in [-0.2, 0) is 11.3 Å². The summed E-state index contributed by atoms with van der Waals surface area (Å²) in [5.74, 6) is 1.82. The number of aliphatic imine (C=N–C) groups is 1. The number of hydrogen-bond donors (Lipinski definition) is 2. The van der Waals surface area contributed by atoms with E-state index in [2.05, 4.69) is 40.7 Å². The molecular formula is C20H31N3O2. The van der Waals surface area contributed by atoms with Crippen molar-refractivity contribution < 1.29 is 9.47 Å². The summed E-state index contributed by atoms with van der Waals surface area (Å²) in [6, 6.07) is 6.44. The van der Waals surface area contributed by atoms with Crippen LogP contribution in [0.15, 0.2) is 23.2 Å². The molecule has 0 bridgehead atoms. The van der Waals surface area contributed by atoms with Crippen molar-refractivity contribution in [2.45, 2.75) is 64.2 Å². The minimum absolute atomic E-state index is 0.305. The highest BCUT2D eigenvalue weighted by Gasteiger charge is 2.18. The topological polar surface area (TPSA) is 54.9 Å². The molecule has 1 saturated carbocycles. The van der Waals surface area contributed by atoms with Gasteiger partial charge in [-0.2, -0.15) is 0 Å². The van der Waals surface area contributed by atoms with E-state index >= 15 is 0 Å². The fourth-order valence-electron chi connectivity index (χ4n) is 3.52. The van der Waals surface area contributed by atoms with E-state index in [4.69, 9.17) is 9.47 Å². The van der Waals surface area contributed by atoms with Gasteiger partial charge in [-0.25, -0.2) is 0 Å². The van der Waals surface area contributed by atoms with Gasteiger partial charge in [-0.1, -0.05) is 12.1 Å². The molecule has 2 aliphatic rings. The molecule has 1 aliphatic heterocycles. The van der Waals surface area contributed by atoms with E-state index in [0.717, 1.165) is 37.7 Å². The van der Waals surface area contributed by atoms with Crippen molar-refractivity contribution in [3.05, 3.63) is 29.3 Å². The molecule has 1 aliphatic carbocycles. The largest absolute Gasteiger partial charge is 0.490 e. The first-order valence-electron chi connectivity index (χ1n) is 9.57. The lowest BCUT2D eigenvalue weighted by Gasteiger charge is -2.19. The molecule has 0 aromatic heterocycles. The lowest BCUT2D eigenvalue weighted by Crippen LogP contribution is -2.40. The summed E-state index contributed by atoms with van der Waals surface area (Å²) in [5, 5.41) is 6.76. The van der Waals surface area contributed by atoms with E-state index in [9.17, 15) is 0 Å². The van der Waals surface area contributed by atoms with Crippen LogP contribution >= 0.6 is 0 Å². The average molecular weight is 345 g/mol. The molecule has 1 heterocycles. The SMILES string of the molecule is CN=C(NCc1ccc(C)cc1OC1CCCC1)NCC1CCCO1. The zero-order chi connectivity index (χ0) is 17.5. The van der Waals surface area contributed by atoms with Crippen LogP contribution in [-0.4, -0.2) is 38.4 Å². The number of nitrogens with zero attached hydrogens (tertiary/aromatic N) is 1. The molecule has 1 aromatic carbocycles. The molecule has 2 fully saturated rings. The van der Waals surface area contributed by atoms with E-state index in [-0.39, 0.29) is 0 Å². The van der Waals surface area contributed by atoms with Gasteiger partial charge in [-0.05, 0) is 57.1 Å². The van der Waals surface area contributed by atoms with Gasteiger partial charge in [0.25, 0.3) is 0 Å². The Bertz CT molecular complexity index is 576. The fraction of sp³-hybridized carbons (Fsp3) is 0.650. The summed E-state index contributed by atoms with van der Waals surface area (Å²) in [6.07, 6.45) is 7.87. The fourth-order valence-corrected chi connectivity index (χ4v) is 3.52. The van der Waals surface area contributed by atoms with Gasteiger partial charge in [-0.3, -0.25) is 4.99 Å². The molecule has 0 amide bonds. The minimum Gasteiger partial charge on any atom is -0.490 e. The van der Waals surface area contributed by atoms with E-state index in [0.29, 0.717) is 18.8 Å². The molecule has 1 saturated heterocycles.